The molecule has 18 heteroatoms. The summed E-state index contributed by atoms with van der Waals surface area (Å²) in [7, 11) is -0.331. The lowest BCUT2D eigenvalue weighted by Crippen LogP contribution is -2.41. The zero-order valence-electron chi connectivity index (χ0n) is 22.2. The van der Waals surface area contributed by atoms with Crippen molar-refractivity contribution in [2.45, 2.75) is 51.2 Å². The average molecular weight is 669 g/mol. The monoisotopic (exact) mass is 668 g/mol. The zero-order chi connectivity index (χ0) is 31.5. The first-order valence-corrected chi connectivity index (χ1v) is 12.6. The highest BCUT2D eigenvalue weighted by atomic mass is 79.9. The van der Waals surface area contributed by atoms with Gasteiger partial charge in [-0.25, -0.2) is 18.7 Å². The number of nitrogens with one attached hydrogen (secondary N) is 2. The number of aromatic amines is 2. The van der Waals surface area contributed by atoms with Gasteiger partial charge in [-0.3, -0.25) is 10.2 Å². The van der Waals surface area contributed by atoms with E-state index in [1.165, 1.54) is 12.3 Å². The summed E-state index contributed by atoms with van der Waals surface area (Å²) in [5.41, 5.74) is -2.26. The number of nitrogens with zero attached hydrogens (tertiary/aromatic N) is 4. The van der Waals surface area contributed by atoms with Crippen LogP contribution in [0.15, 0.2) is 53.4 Å². The fraction of sp³-hybridized carbons (Fsp3) is 0.333. The van der Waals surface area contributed by atoms with Gasteiger partial charge in [0.1, 0.15) is 21.7 Å². The largest absolute Gasteiger partial charge is 0.513 e. The van der Waals surface area contributed by atoms with Crippen LogP contribution in [-0.4, -0.2) is 48.7 Å². The molecule has 4 aromatic rings. The Morgan fingerprint density at radius 1 is 0.714 bits per heavy atom. The number of pyridine rings is 2. The van der Waals surface area contributed by atoms with Gasteiger partial charge in [0.05, 0.1) is 22.5 Å². The van der Waals surface area contributed by atoms with Gasteiger partial charge in [-0.1, -0.05) is 0 Å². The Morgan fingerprint density at radius 2 is 1.21 bits per heavy atom. The Kier molecular flexibility index (Phi) is 9.83. The molecule has 0 aromatic carbocycles. The summed E-state index contributed by atoms with van der Waals surface area (Å²) in [6.07, 6.45) is -6.13. The average Bonchev–Trinajstić information content (AvgIpc) is 3.63. The third-order valence-electron chi connectivity index (χ3n) is 6.02. The molecule has 0 radical (unpaired) electrons. The van der Waals surface area contributed by atoms with E-state index in [9.17, 15) is 35.1 Å². The molecule has 226 valence electrons. The summed E-state index contributed by atoms with van der Waals surface area (Å²) in [4.78, 5) is 6.18. The molecule has 8 nitrogen and oxygen atoms in total. The van der Waals surface area contributed by atoms with Crippen LogP contribution in [0.3, 0.4) is 0 Å². The molecule has 0 bridgehead atoms. The van der Waals surface area contributed by atoms with Crippen LogP contribution in [0.5, 0.6) is 0 Å². The molecule has 5 heterocycles. The lowest BCUT2D eigenvalue weighted by Gasteiger charge is -2.32. The Bertz CT molecular complexity index is 1450. The lowest BCUT2D eigenvalue weighted by molar-refractivity contribution is -0.142. The van der Waals surface area contributed by atoms with Crippen LogP contribution in [-0.2, 0) is 21.7 Å². The second kappa shape index (κ2) is 12.5. The second-order valence-corrected chi connectivity index (χ2v) is 10.3. The van der Waals surface area contributed by atoms with Crippen molar-refractivity contribution in [3.8, 4) is 11.4 Å². The molecular formula is C24H22BBrF8N6O2. The first kappa shape index (κ1) is 33.1. The minimum atomic E-state index is -4.59. The molecule has 1 aliphatic heterocycles. The normalized spacial score (nSPS) is 15.9. The van der Waals surface area contributed by atoms with Crippen molar-refractivity contribution in [2.75, 3.05) is 0 Å². The molecule has 42 heavy (non-hydrogen) atoms. The van der Waals surface area contributed by atoms with Crippen LogP contribution < -0.4 is 5.59 Å². The minimum Gasteiger partial charge on any atom is -0.398 e. The fourth-order valence-electron chi connectivity index (χ4n) is 3.12. The number of hydrogen-bond acceptors (Lipinski definition) is 6. The first-order chi connectivity index (χ1) is 19.3. The molecule has 0 saturated carbocycles. The molecule has 2 N–H and O–H groups in total. The maximum Gasteiger partial charge on any atom is 0.513 e. The van der Waals surface area contributed by atoms with Crippen molar-refractivity contribution in [2.24, 2.45) is 0 Å². The molecule has 0 spiro atoms. The second-order valence-electron chi connectivity index (χ2n) is 9.56. The standard InChI is InChI=1S/C9H15BN2O2.C9H5F4N3.C6H2BrF4N/c1-8(2)9(3,4)14-10(13-8)7-5-6-11-12-7;10-5-1-2-7(9(11,12)13)15-8(5)6-3-4-14-16-6;7-5-3(8)1-2-4(12-5)6(9,10)11/h5-6H,1-4H3,(H,11,12);1-4H,(H,14,16);1-2H. The van der Waals surface area contributed by atoms with Crippen molar-refractivity contribution < 1.29 is 44.4 Å². The minimum absolute atomic E-state index is 0.101. The summed E-state index contributed by atoms with van der Waals surface area (Å²) in [5, 5.41) is 12.6. The fourth-order valence-corrected chi connectivity index (χ4v) is 3.44. The van der Waals surface area contributed by atoms with E-state index in [1.807, 2.05) is 33.8 Å². The van der Waals surface area contributed by atoms with Crippen molar-refractivity contribution >= 4 is 28.6 Å². The van der Waals surface area contributed by atoms with Crippen LogP contribution in [0.25, 0.3) is 11.4 Å². The van der Waals surface area contributed by atoms with Crippen molar-refractivity contribution in [1.82, 2.24) is 30.4 Å². The highest BCUT2D eigenvalue weighted by Crippen LogP contribution is 2.36. The maximum atomic E-state index is 13.2. The van der Waals surface area contributed by atoms with E-state index in [1.54, 1.807) is 6.20 Å². The van der Waals surface area contributed by atoms with Gasteiger partial charge in [0.25, 0.3) is 0 Å². The zero-order valence-corrected chi connectivity index (χ0v) is 23.8. The highest BCUT2D eigenvalue weighted by Gasteiger charge is 2.52. The topological polar surface area (TPSA) is 102 Å². The lowest BCUT2D eigenvalue weighted by atomic mass is 9.85. The van der Waals surface area contributed by atoms with E-state index in [0.717, 1.165) is 11.7 Å². The third-order valence-corrected chi connectivity index (χ3v) is 6.57. The van der Waals surface area contributed by atoms with E-state index < -0.39 is 45.7 Å². The molecule has 0 amide bonds. The number of halogens is 9. The summed E-state index contributed by atoms with van der Waals surface area (Å²) >= 11 is 2.55. The molecule has 4 aromatic heterocycles. The van der Waals surface area contributed by atoms with Crippen LogP contribution in [0.1, 0.15) is 39.1 Å². The van der Waals surface area contributed by atoms with E-state index in [4.69, 9.17) is 9.31 Å². The Morgan fingerprint density at radius 3 is 1.67 bits per heavy atom. The van der Waals surface area contributed by atoms with Crippen molar-refractivity contribution in [3.63, 3.8) is 0 Å². The number of H-pyrrole nitrogens is 2. The van der Waals surface area contributed by atoms with Crippen LogP contribution in [0.2, 0.25) is 0 Å². The van der Waals surface area contributed by atoms with E-state index in [-0.39, 0.29) is 24.0 Å². The van der Waals surface area contributed by atoms with Gasteiger partial charge in [0, 0.05) is 12.4 Å². The predicted molar refractivity (Wildman–Crippen MR) is 138 cm³/mol. The van der Waals surface area contributed by atoms with Gasteiger partial charge in [-0.15, -0.1) is 0 Å². The van der Waals surface area contributed by atoms with Crippen LogP contribution >= 0.6 is 15.9 Å². The first-order valence-electron chi connectivity index (χ1n) is 11.8. The summed E-state index contributed by atoms with van der Waals surface area (Å²) in [6, 6.07) is 5.81. The molecule has 0 atom stereocenters. The Balaban J connectivity index is 0.000000175. The van der Waals surface area contributed by atoms with Crippen molar-refractivity contribution in [3.05, 3.63) is 76.4 Å². The molecule has 1 aliphatic rings. The molecule has 0 aliphatic carbocycles. The summed E-state index contributed by atoms with van der Waals surface area (Å²) < 4.78 is 110. The van der Waals surface area contributed by atoms with Gasteiger partial charge >= 0.3 is 19.5 Å². The van der Waals surface area contributed by atoms with E-state index >= 15 is 0 Å². The van der Waals surface area contributed by atoms with Crippen LogP contribution in [0.4, 0.5) is 35.1 Å². The highest BCUT2D eigenvalue weighted by molar-refractivity contribution is 9.10. The summed E-state index contributed by atoms with van der Waals surface area (Å²) in [5.74, 6) is -1.65. The van der Waals surface area contributed by atoms with Gasteiger partial charge in [0.2, 0.25) is 0 Å². The number of aromatic nitrogens is 6. The number of hydrogen-bond donors (Lipinski definition) is 2. The molecular weight excluding hydrogens is 647 g/mol. The maximum absolute atomic E-state index is 13.2. The quantitative estimate of drug-likeness (QED) is 0.147. The van der Waals surface area contributed by atoms with Gasteiger partial charge < -0.3 is 9.31 Å². The van der Waals surface area contributed by atoms with E-state index in [0.29, 0.717) is 18.2 Å². The van der Waals surface area contributed by atoms with Gasteiger partial charge in [0.15, 0.2) is 11.6 Å². The van der Waals surface area contributed by atoms with E-state index in [2.05, 4.69) is 46.3 Å². The smallest absolute Gasteiger partial charge is 0.398 e. The summed E-state index contributed by atoms with van der Waals surface area (Å²) in [6.45, 7) is 8.12. The molecule has 5 rings (SSSR count). The predicted octanol–water partition coefficient (Wildman–Crippen LogP) is 6.34. The molecule has 1 saturated heterocycles. The molecule has 0 unspecified atom stereocenters. The van der Waals surface area contributed by atoms with Crippen LogP contribution in [0, 0.1) is 11.6 Å². The number of alkyl halides is 6. The van der Waals surface area contributed by atoms with Gasteiger partial charge in [-0.2, -0.15) is 36.5 Å². The number of rotatable bonds is 2. The third kappa shape index (κ3) is 8.13. The molecule has 1 fully saturated rings. The van der Waals surface area contributed by atoms with Gasteiger partial charge in [-0.05, 0) is 80.0 Å². The Labute approximate surface area is 242 Å². The Hall–Kier alpha value is -3.38. The SMILES string of the molecule is CC1(C)OB(c2ccn[nH]2)OC1(C)C.Fc1ccc(C(F)(F)F)nc1-c1ccn[nH]1.Fc1ccc(C(F)(F)F)nc1Br. The van der Waals surface area contributed by atoms with Crippen molar-refractivity contribution in [1.29, 1.82) is 0 Å².